The molecule has 0 saturated carbocycles. The van der Waals surface area contributed by atoms with Crippen molar-refractivity contribution in [3.63, 3.8) is 0 Å². The van der Waals surface area contributed by atoms with Crippen LogP contribution in [0.2, 0.25) is 0 Å². The Hall–Kier alpha value is -0.910. The van der Waals surface area contributed by atoms with Gasteiger partial charge in [0.1, 0.15) is 0 Å². The van der Waals surface area contributed by atoms with Crippen LogP contribution in [-0.2, 0) is 14.8 Å². The average Bonchev–Trinajstić information content (AvgIpc) is 2.32. The zero-order valence-electron chi connectivity index (χ0n) is 12.3. The van der Waals surface area contributed by atoms with E-state index in [4.69, 9.17) is 4.74 Å². The highest BCUT2D eigenvalue weighted by Crippen LogP contribution is 2.25. The number of hydrogen-bond donors (Lipinski definition) is 1. The monoisotopic (exact) mass is 285 g/mol. The molecule has 0 bridgehead atoms. The number of hydrogen-bond acceptors (Lipinski definition) is 3. The summed E-state index contributed by atoms with van der Waals surface area (Å²) in [6.45, 7) is 10.7. The Bertz CT molecular complexity index is 524. The van der Waals surface area contributed by atoms with Crippen molar-refractivity contribution in [2.45, 2.75) is 39.5 Å². The van der Waals surface area contributed by atoms with Crippen molar-refractivity contribution in [2.24, 2.45) is 0 Å². The molecule has 4 nitrogen and oxygen atoms in total. The van der Waals surface area contributed by atoms with Gasteiger partial charge >= 0.3 is 0 Å². The number of ether oxygens (including phenoxy) is 1. The van der Waals surface area contributed by atoms with Gasteiger partial charge in [0.2, 0.25) is 10.0 Å². The number of sulfonamides is 1. The molecule has 0 unspecified atom stereocenters. The lowest BCUT2D eigenvalue weighted by Crippen LogP contribution is -2.29. The third kappa shape index (κ3) is 3.78. The van der Waals surface area contributed by atoms with Gasteiger partial charge in [-0.2, -0.15) is 0 Å². The van der Waals surface area contributed by atoms with Crippen LogP contribution < -0.4 is 4.72 Å². The molecule has 0 atom stereocenters. The first-order chi connectivity index (χ1) is 8.81. The Labute approximate surface area is 116 Å². The summed E-state index contributed by atoms with van der Waals surface area (Å²) in [5.74, 6) is 0. The van der Waals surface area contributed by atoms with Crippen molar-refractivity contribution in [1.29, 1.82) is 0 Å². The van der Waals surface area contributed by atoms with E-state index in [2.05, 4.69) is 4.72 Å². The second-order valence-corrected chi connectivity index (χ2v) is 6.39. The molecule has 0 heterocycles. The quantitative estimate of drug-likeness (QED) is 0.816. The van der Waals surface area contributed by atoms with Gasteiger partial charge in [-0.3, -0.25) is 0 Å². The summed E-state index contributed by atoms with van der Waals surface area (Å²) in [4.78, 5) is 0.404. The van der Waals surface area contributed by atoms with Gasteiger partial charge in [-0.1, -0.05) is 6.07 Å². The zero-order valence-corrected chi connectivity index (χ0v) is 13.1. The van der Waals surface area contributed by atoms with Crippen LogP contribution >= 0.6 is 0 Å². The van der Waals surface area contributed by atoms with Gasteiger partial charge in [0.05, 0.1) is 11.5 Å². The van der Waals surface area contributed by atoms with E-state index in [0.29, 0.717) is 24.7 Å². The largest absolute Gasteiger partial charge is 0.380 e. The normalized spacial score (nSPS) is 11.8. The lowest BCUT2D eigenvalue weighted by atomic mass is 10.0. The van der Waals surface area contributed by atoms with Crippen molar-refractivity contribution in [3.8, 4) is 0 Å². The van der Waals surface area contributed by atoms with Crippen LogP contribution in [0.25, 0.3) is 0 Å². The van der Waals surface area contributed by atoms with Gasteiger partial charge < -0.3 is 4.74 Å². The van der Waals surface area contributed by atoms with Gasteiger partial charge in [-0.05, 0) is 56.9 Å². The predicted molar refractivity (Wildman–Crippen MR) is 77.1 cm³/mol. The van der Waals surface area contributed by atoms with Crippen LogP contribution in [0.3, 0.4) is 0 Å². The average molecular weight is 285 g/mol. The molecule has 0 fully saturated rings. The molecular weight excluding hydrogens is 262 g/mol. The smallest absolute Gasteiger partial charge is 0.241 e. The zero-order chi connectivity index (χ0) is 14.6. The highest BCUT2D eigenvalue weighted by Gasteiger charge is 2.21. The van der Waals surface area contributed by atoms with E-state index >= 15 is 0 Å². The first kappa shape index (κ1) is 16.1. The second kappa shape index (κ2) is 6.50. The van der Waals surface area contributed by atoms with E-state index in [9.17, 15) is 8.42 Å². The van der Waals surface area contributed by atoms with E-state index in [1.54, 1.807) is 0 Å². The minimum atomic E-state index is -3.48. The predicted octanol–water partition coefficient (Wildman–Crippen LogP) is 2.24. The molecule has 0 saturated heterocycles. The van der Waals surface area contributed by atoms with Gasteiger partial charge in [-0.15, -0.1) is 0 Å². The van der Waals surface area contributed by atoms with Crippen molar-refractivity contribution in [1.82, 2.24) is 4.72 Å². The van der Waals surface area contributed by atoms with E-state index in [-0.39, 0.29) is 0 Å². The van der Waals surface area contributed by atoms with Crippen LogP contribution in [0.4, 0.5) is 0 Å². The minimum Gasteiger partial charge on any atom is -0.380 e. The first-order valence-electron chi connectivity index (χ1n) is 6.46. The van der Waals surface area contributed by atoms with Gasteiger partial charge in [0, 0.05) is 13.2 Å². The van der Waals surface area contributed by atoms with Crippen LogP contribution in [0.15, 0.2) is 11.0 Å². The van der Waals surface area contributed by atoms with Gasteiger partial charge in [-0.25, -0.2) is 13.1 Å². The highest BCUT2D eigenvalue weighted by atomic mass is 32.2. The number of aryl methyl sites for hydroxylation is 2. The molecule has 0 amide bonds. The van der Waals surface area contributed by atoms with Crippen LogP contribution in [-0.4, -0.2) is 28.2 Å². The standard InChI is InChI=1S/C14H23NO3S/c1-6-18-8-7-15-19(16,17)14-12(4)10(2)9-11(3)13(14)5/h9,15H,6-8H2,1-5H3. The number of benzene rings is 1. The van der Waals surface area contributed by atoms with E-state index < -0.39 is 10.0 Å². The van der Waals surface area contributed by atoms with Crippen molar-refractivity contribution in [2.75, 3.05) is 19.8 Å². The Balaban J connectivity index is 3.08. The summed E-state index contributed by atoms with van der Waals surface area (Å²) >= 11 is 0. The maximum absolute atomic E-state index is 12.4. The lowest BCUT2D eigenvalue weighted by molar-refractivity contribution is 0.153. The fourth-order valence-electron chi connectivity index (χ4n) is 2.05. The lowest BCUT2D eigenvalue weighted by Gasteiger charge is -2.16. The molecule has 1 aromatic carbocycles. The molecule has 108 valence electrons. The molecular formula is C14H23NO3S. The molecule has 0 aromatic heterocycles. The van der Waals surface area contributed by atoms with E-state index in [1.165, 1.54) is 0 Å². The Morgan fingerprint density at radius 1 is 1.11 bits per heavy atom. The fraction of sp³-hybridized carbons (Fsp3) is 0.571. The van der Waals surface area contributed by atoms with Crippen LogP contribution in [0, 0.1) is 27.7 Å². The topological polar surface area (TPSA) is 55.4 Å². The first-order valence-corrected chi connectivity index (χ1v) is 7.94. The fourth-order valence-corrected chi connectivity index (χ4v) is 3.67. The number of rotatable bonds is 6. The molecule has 1 rings (SSSR count). The third-order valence-electron chi connectivity index (χ3n) is 3.31. The van der Waals surface area contributed by atoms with E-state index in [0.717, 1.165) is 22.3 Å². The Morgan fingerprint density at radius 3 is 2.11 bits per heavy atom. The SMILES string of the molecule is CCOCCNS(=O)(=O)c1c(C)c(C)cc(C)c1C. The molecule has 0 aliphatic rings. The summed E-state index contributed by atoms with van der Waals surface area (Å²) < 4.78 is 32.5. The Morgan fingerprint density at radius 2 is 1.63 bits per heavy atom. The molecule has 0 aliphatic carbocycles. The molecule has 1 aromatic rings. The highest BCUT2D eigenvalue weighted by molar-refractivity contribution is 7.89. The van der Waals surface area contributed by atoms with Crippen molar-refractivity contribution >= 4 is 10.0 Å². The minimum absolute atomic E-state index is 0.294. The summed E-state index contributed by atoms with van der Waals surface area (Å²) in [7, 11) is -3.48. The Kier molecular flexibility index (Phi) is 5.52. The third-order valence-corrected chi connectivity index (χ3v) is 5.04. The number of nitrogens with one attached hydrogen (secondary N) is 1. The maximum Gasteiger partial charge on any atom is 0.241 e. The molecule has 0 aliphatic heterocycles. The van der Waals surface area contributed by atoms with Crippen LogP contribution in [0.5, 0.6) is 0 Å². The molecule has 0 spiro atoms. The summed E-state index contributed by atoms with van der Waals surface area (Å²) in [5.41, 5.74) is 3.61. The summed E-state index contributed by atoms with van der Waals surface area (Å²) in [6.07, 6.45) is 0. The van der Waals surface area contributed by atoms with E-state index in [1.807, 2.05) is 40.7 Å². The second-order valence-electron chi connectivity index (χ2n) is 4.68. The van der Waals surface area contributed by atoms with Crippen molar-refractivity contribution < 1.29 is 13.2 Å². The van der Waals surface area contributed by atoms with Crippen molar-refractivity contribution in [3.05, 3.63) is 28.3 Å². The van der Waals surface area contributed by atoms with Gasteiger partial charge in [0.25, 0.3) is 0 Å². The van der Waals surface area contributed by atoms with Gasteiger partial charge in [0.15, 0.2) is 0 Å². The summed E-state index contributed by atoms with van der Waals surface area (Å²) in [6, 6.07) is 2.02. The molecule has 1 N–H and O–H groups in total. The maximum atomic E-state index is 12.4. The van der Waals surface area contributed by atoms with Crippen LogP contribution in [0.1, 0.15) is 29.2 Å². The molecule has 19 heavy (non-hydrogen) atoms. The molecule has 5 heteroatoms. The molecule has 0 radical (unpaired) electrons. The summed E-state index contributed by atoms with van der Waals surface area (Å²) in [5, 5.41) is 0.